The SMILES string of the molecule is COC(=O)c1ccc(-c2ccc(C3CCC(C)CC3)cc2)cc1F. The van der Waals surface area contributed by atoms with Crippen LogP contribution in [0.3, 0.4) is 0 Å². The molecular formula is C21H23FO2. The van der Waals surface area contributed by atoms with Gasteiger partial charge in [0.05, 0.1) is 12.7 Å². The fourth-order valence-electron chi connectivity index (χ4n) is 3.51. The summed E-state index contributed by atoms with van der Waals surface area (Å²) >= 11 is 0. The summed E-state index contributed by atoms with van der Waals surface area (Å²) in [6.07, 6.45) is 5.10. The van der Waals surface area contributed by atoms with Crippen molar-refractivity contribution < 1.29 is 13.9 Å². The van der Waals surface area contributed by atoms with Gasteiger partial charge in [-0.2, -0.15) is 0 Å². The lowest BCUT2D eigenvalue weighted by molar-refractivity contribution is 0.0595. The van der Waals surface area contributed by atoms with Crippen LogP contribution in [0.15, 0.2) is 42.5 Å². The molecule has 1 fully saturated rings. The molecule has 1 aliphatic carbocycles. The smallest absolute Gasteiger partial charge is 0.340 e. The number of esters is 1. The maximum atomic E-state index is 14.1. The van der Waals surface area contributed by atoms with Crippen LogP contribution < -0.4 is 0 Å². The first-order valence-corrected chi connectivity index (χ1v) is 8.56. The molecular weight excluding hydrogens is 303 g/mol. The topological polar surface area (TPSA) is 26.3 Å². The van der Waals surface area contributed by atoms with E-state index in [9.17, 15) is 9.18 Å². The number of carbonyl (C=O) groups excluding carboxylic acids is 1. The van der Waals surface area contributed by atoms with E-state index in [1.165, 1.54) is 50.5 Å². The normalized spacial score (nSPS) is 20.6. The molecule has 0 atom stereocenters. The molecule has 3 rings (SSSR count). The van der Waals surface area contributed by atoms with Crippen molar-refractivity contribution in [1.82, 2.24) is 0 Å². The molecule has 24 heavy (non-hydrogen) atoms. The predicted octanol–water partition coefficient (Wildman–Crippen LogP) is 5.57. The largest absolute Gasteiger partial charge is 0.465 e. The van der Waals surface area contributed by atoms with Gasteiger partial charge in [0.1, 0.15) is 5.82 Å². The van der Waals surface area contributed by atoms with E-state index in [1.807, 2.05) is 12.1 Å². The van der Waals surface area contributed by atoms with Crippen LogP contribution in [0, 0.1) is 11.7 Å². The number of methoxy groups -OCH3 is 1. The van der Waals surface area contributed by atoms with Crippen molar-refractivity contribution in [2.75, 3.05) is 7.11 Å². The highest BCUT2D eigenvalue weighted by molar-refractivity contribution is 5.90. The summed E-state index contributed by atoms with van der Waals surface area (Å²) in [4.78, 5) is 11.5. The molecule has 3 heteroatoms. The summed E-state index contributed by atoms with van der Waals surface area (Å²) in [6.45, 7) is 2.33. The van der Waals surface area contributed by atoms with Gasteiger partial charge in [0.2, 0.25) is 0 Å². The predicted molar refractivity (Wildman–Crippen MR) is 93.5 cm³/mol. The summed E-state index contributed by atoms with van der Waals surface area (Å²) < 4.78 is 18.7. The number of ether oxygens (including phenoxy) is 1. The number of benzene rings is 2. The van der Waals surface area contributed by atoms with Crippen LogP contribution in [-0.4, -0.2) is 13.1 Å². The van der Waals surface area contributed by atoms with Gasteiger partial charge < -0.3 is 4.74 Å². The van der Waals surface area contributed by atoms with Crippen LogP contribution in [0.2, 0.25) is 0 Å². The molecule has 126 valence electrons. The van der Waals surface area contributed by atoms with Crippen molar-refractivity contribution in [3.63, 3.8) is 0 Å². The van der Waals surface area contributed by atoms with Gasteiger partial charge in [-0.15, -0.1) is 0 Å². The Hall–Kier alpha value is -2.16. The van der Waals surface area contributed by atoms with E-state index in [0.29, 0.717) is 5.92 Å². The van der Waals surface area contributed by atoms with Gasteiger partial charge in [-0.3, -0.25) is 0 Å². The maximum Gasteiger partial charge on any atom is 0.340 e. The fraction of sp³-hybridized carbons (Fsp3) is 0.381. The van der Waals surface area contributed by atoms with Crippen molar-refractivity contribution in [2.45, 2.75) is 38.5 Å². The molecule has 0 unspecified atom stereocenters. The number of halogens is 1. The molecule has 0 radical (unpaired) electrons. The first kappa shape index (κ1) is 16.7. The average Bonchev–Trinajstić information content (AvgIpc) is 2.62. The van der Waals surface area contributed by atoms with E-state index in [2.05, 4.69) is 23.8 Å². The highest BCUT2D eigenvalue weighted by atomic mass is 19.1. The number of hydrogen-bond acceptors (Lipinski definition) is 2. The summed E-state index contributed by atoms with van der Waals surface area (Å²) in [5, 5.41) is 0. The van der Waals surface area contributed by atoms with Crippen molar-refractivity contribution in [3.05, 3.63) is 59.4 Å². The zero-order chi connectivity index (χ0) is 17.1. The Kier molecular flexibility index (Phi) is 4.98. The third-order valence-corrected chi connectivity index (χ3v) is 5.11. The number of carbonyl (C=O) groups is 1. The van der Waals surface area contributed by atoms with Gasteiger partial charge in [-0.25, -0.2) is 9.18 Å². The van der Waals surface area contributed by atoms with Crippen LogP contribution >= 0.6 is 0 Å². The molecule has 0 N–H and O–H groups in total. The second kappa shape index (κ2) is 7.16. The minimum Gasteiger partial charge on any atom is -0.465 e. The summed E-state index contributed by atoms with van der Waals surface area (Å²) in [7, 11) is 1.25. The summed E-state index contributed by atoms with van der Waals surface area (Å²) in [5.41, 5.74) is 3.06. The summed E-state index contributed by atoms with van der Waals surface area (Å²) in [6, 6.07) is 13.0. The molecule has 0 amide bonds. The Balaban J connectivity index is 1.78. The van der Waals surface area contributed by atoms with Gasteiger partial charge in [-0.1, -0.05) is 50.1 Å². The Bertz CT molecular complexity index is 713. The van der Waals surface area contributed by atoms with E-state index < -0.39 is 11.8 Å². The standard InChI is InChI=1S/C21H23FO2/c1-14-3-5-15(6-4-14)16-7-9-17(10-8-16)18-11-12-19(20(22)13-18)21(23)24-2/h7-15H,3-6H2,1-2H3. The minimum atomic E-state index is -0.652. The molecule has 1 aliphatic rings. The number of hydrogen-bond donors (Lipinski definition) is 0. The van der Waals surface area contributed by atoms with Crippen LogP contribution in [0.5, 0.6) is 0 Å². The second-order valence-electron chi connectivity index (χ2n) is 6.77. The molecule has 0 aliphatic heterocycles. The van der Waals surface area contributed by atoms with Crippen LogP contribution in [-0.2, 0) is 4.74 Å². The Morgan fingerprint density at radius 2 is 1.62 bits per heavy atom. The molecule has 0 spiro atoms. The van der Waals surface area contributed by atoms with Crippen molar-refractivity contribution in [3.8, 4) is 11.1 Å². The zero-order valence-electron chi connectivity index (χ0n) is 14.2. The lowest BCUT2D eigenvalue weighted by Gasteiger charge is -2.26. The van der Waals surface area contributed by atoms with Gasteiger partial charge in [0.25, 0.3) is 0 Å². The summed E-state index contributed by atoms with van der Waals surface area (Å²) in [5.74, 6) is 0.288. The van der Waals surface area contributed by atoms with E-state index in [-0.39, 0.29) is 5.56 Å². The molecule has 0 saturated heterocycles. The molecule has 2 aromatic rings. The van der Waals surface area contributed by atoms with Crippen LogP contribution in [0.1, 0.15) is 54.4 Å². The fourth-order valence-corrected chi connectivity index (χ4v) is 3.51. The first-order chi connectivity index (χ1) is 11.6. The Labute approximate surface area is 142 Å². The molecule has 2 aromatic carbocycles. The Morgan fingerprint density at radius 3 is 2.21 bits per heavy atom. The average molecular weight is 326 g/mol. The van der Waals surface area contributed by atoms with E-state index in [4.69, 9.17) is 0 Å². The van der Waals surface area contributed by atoms with E-state index in [0.717, 1.165) is 17.0 Å². The van der Waals surface area contributed by atoms with Gasteiger partial charge in [0, 0.05) is 0 Å². The highest BCUT2D eigenvalue weighted by Gasteiger charge is 2.19. The van der Waals surface area contributed by atoms with Gasteiger partial charge >= 0.3 is 5.97 Å². The first-order valence-electron chi connectivity index (χ1n) is 8.56. The van der Waals surface area contributed by atoms with E-state index in [1.54, 1.807) is 6.07 Å². The lowest BCUT2D eigenvalue weighted by atomic mass is 9.79. The monoisotopic (exact) mass is 326 g/mol. The minimum absolute atomic E-state index is 0.0332. The lowest BCUT2D eigenvalue weighted by Crippen LogP contribution is -2.10. The quantitative estimate of drug-likeness (QED) is 0.689. The van der Waals surface area contributed by atoms with E-state index >= 15 is 0 Å². The van der Waals surface area contributed by atoms with Gasteiger partial charge in [-0.05, 0) is 53.5 Å². The van der Waals surface area contributed by atoms with Crippen LogP contribution in [0.25, 0.3) is 11.1 Å². The third-order valence-electron chi connectivity index (χ3n) is 5.11. The van der Waals surface area contributed by atoms with Crippen molar-refractivity contribution >= 4 is 5.97 Å². The van der Waals surface area contributed by atoms with Crippen molar-refractivity contribution in [2.24, 2.45) is 5.92 Å². The molecule has 2 nitrogen and oxygen atoms in total. The van der Waals surface area contributed by atoms with Crippen LogP contribution in [0.4, 0.5) is 4.39 Å². The molecule has 0 aromatic heterocycles. The highest BCUT2D eigenvalue weighted by Crippen LogP contribution is 2.36. The molecule has 0 bridgehead atoms. The Morgan fingerprint density at radius 1 is 1.00 bits per heavy atom. The van der Waals surface area contributed by atoms with Gasteiger partial charge in [0.15, 0.2) is 0 Å². The number of rotatable bonds is 3. The second-order valence-corrected chi connectivity index (χ2v) is 6.77. The maximum absolute atomic E-state index is 14.1. The van der Waals surface area contributed by atoms with Crippen molar-refractivity contribution in [1.29, 1.82) is 0 Å². The molecule has 1 saturated carbocycles. The zero-order valence-corrected chi connectivity index (χ0v) is 14.2. The molecule has 0 heterocycles. The third kappa shape index (κ3) is 3.50.